The van der Waals surface area contributed by atoms with Gasteiger partial charge in [-0.3, -0.25) is 0 Å². The van der Waals surface area contributed by atoms with E-state index in [-0.39, 0.29) is 0 Å². The third kappa shape index (κ3) is 3.23. The quantitative estimate of drug-likeness (QED) is 0.673. The first-order valence-electron chi connectivity index (χ1n) is 4.14. The minimum atomic E-state index is 0.560. The lowest BCUT2D eigenvalue weighted by Gasteiger charge is -2.01. The number of aromatic nitrogens is 1. The Labute approximate surface area is 74.0 Å². The van der Waals surface area contributed by atoms with Gasteiger partial charge in [0.2, 0.25) is 0 Å². The van der Waals surface area contributed by atoms with Crippen LogP contribution in [-0.4, -0.2) is 12.0 Å². The van der Waals surface area contributed by atoms with Gasteiger partial charge in [-0.1, -0.05) is 13.8 Å². The molecule has 0 radical (unpaired) electrons. The predicted molar refractivity (Wildman–Crippen MR) is 54.3 cm³/mol. The fourth-order valence-electron chi connectivity index (χ4n) is 0.839. The van der Waals surface area contributed by atoms with Crippen molar-refractivity contribution in [1.82, 2.24) is 4.98 Å². The minimum Gasteiger partial charge on any atom is -0.388 e. The van der Waals surface area contributed by atoms with Gasteiger partial charge in [-0.25, -0.2) is 4.98 Å². The highest BCUT2D eigenvalue weighted by Crippen LogP contribution is 2.10. The maximum Gasteiger partial charge on any atom is 0.125 e. The first-order chi connectivity index (χ1) is 5.72. The molecule has 68 valence electrons. The number of nitrogens with zero attached hydrogens (tertiary/aromatic N) is 1. The van der Waals surface area contributed by atoms with E-state index in [0.29, 0.717) is 5.82 Å². The summed E-state index contributed by atoms with van der Waals surface area (Å²) >= 11 is 0. The smallest absolute Gasteiger partial charge is 0.125 e. The number of pyridine rings is 1. The van der Waals surface area contributed by atoms with E-state index in [9.17, 15) is 0 Å². The molecule has 0 spiro atoms. The van der Waals surface area contributed by atoms with E-state index in [2.05, 4.69) is 10.3 Å². The van der Waals surface area contributed by atoms with Gasteiger partial charge in [0.1, 0.15) is 5.82 Å². The molecule has 0 unspecified atom stereocenters. The van der Waals surface area contributed by atoms with E-state index < -0.39 is 0 Å². The van der Waals surface area contributed by atoms with Crippen molar-refractivity contribution in [2.24, 2.45) is 0 Å². The molecule has 3 heteroatoms. The van der Waals surface area contributed by atoms with Crippen molar-refractivity contribution in [3.8, 4) is 0 Å². The summed E-state index contributed by atoms with van der Waals surface area (Å²) in [7, 11) is 1.86. The van der Waals surface area contributed by atoms with Crippen molar-refractivity contribution in [2.45, 2.75) is 20.8 Å². The first-order valence-corrected chi connectivity index (χ1v) is 4.14. The number of hydrogen-bond donors (Lipinski definition) is 2. The van der Waals surface area contributed by atoms with Crippen LogP contribution in [0.25, 0.3) is 0 Å². The molecule has 0 bridgehead atoms. The number of nitrogen functional groups attached to an aromatic ring is 1. The molecule has 0 aliphatic rings. The molecule has 0 aliphatic carbocycles. The first kappa shape index (κ1) is 10.8. The zero-order valence-corrected chi connectivity index (χ0v) is 8.18. The lowest BCUT2D eigenvalue weighted by molar-refractivity contribution is 1.21. The molecule has 12 heavy (non-hydrogen) atoms. The third-order valence-corrected chi connectivity index (χ3v) is 1.26. The van der Waals surface area contributed by atoms with Crippen LogP contribution in [0.5, 0.6) is 0 Å². The molecule has 0 aliphatic heterocycles. The predicted octanol–water partition coefficient (Wildman–Crippen LogP) is 2.04. The van der Waals surface area contributed by atoms with Crippen LogP contribution >= 0.6 is 0 Å². The summed E-state index contributed by atoms with van der Waals surface area (Å²) < 4.78 is 0. The average molecular weight is 167 g/mol. The van der Waals surface area contributed by atoms with Crippen LogP contribution in [0, 0.1) is 6.92 Å². The standard InChI is InChI=1S/C7H11N3.C2H6/c1-5-3-6(9-2)4-7(8)10-5;1-2/h3-4H,1-2H3,(H3,8,9,10);1-2H3. The van der Waals surface area contributed by atoms with Crippen molar-refractivity contribution in [3.63, 3.8) is 0 Å². The van der Waals surface area contributed by atoms with Crippen LogP contribution < -0.4 is 11.1 Å². The molecule has 0 saturated heterocycles. The summed E-state index contributed by atoms with van der Waals surface area (Å²) in [5.41, 5.74) is 7.42. The zero-order chi connectivity index (χ0) is 9.56. The van der Waals surface area contributed by atoms with Crippen LogP contribution in [0.1, 0.15) is 19.5 Å². The lowest BCUT2D eigenvalue weighted by Crippen LogP contribution is -1.95. The average Bonchev–Trinajstić information content (AvgIpc) is 2.06. The molecule has 1 aromatic heterocycles. The van der Waals surface area contributed by atoms with Crippen molar-refractivity contribution < 1.29 is 0 Å². The van der Waals surface area contributed by atoms with Gasteiger partial charge in [0.15, 0.2) is 0 Å². The number of hydrogen-bond acceptors (Lipinski definition) is 3. The molecule has 3 nitrogen and oxygen atoms in total. The molecule has 0 aromatic carbocycles. The van der Waals surface area contributed by atoms with E-state index in [1.165, 1.54) is 0 Å². The van der Waals surface area contributed by atoms with Gasteiger partial charge in [0, 0.05) is 24.5 Å². The van der Waals surface area contributed by atoms with Crippen molar-refractivity contribution in [3.05, 3.63) is 17.8 Å². The molecule has 3 N–H and O–H groups in total. The Morgan fingerprint density at radius 2 is 1.92 bits per heavy atom. The van der Waals surface area contributed by atoms with Crippen molar-refractivity contribution in [1.29, 1.82) is 0 Å². The molecule has 1 heterocycles. The van der Waals surface area contributed by atoms with Gasteiger partial charge in [-0.15, -0.1) is 0 Å². The van der Waals surface area contributed by atoms with Crippen molar-refractivity contribution >= 4 is 11.5 Å². The van der Waals surface area contributed by atoms with Crippen LogP contribution in [-0.2, 0) is 0 Å². The Hall–Kier alpha value is -1.25. The Morgan fingerprint density at radius 3 is 2.33 bits per heavy atom. The highest BCUT2D eigenvalue weighted by molar-refractivity contribution is 5.50. The largest absolute Gasteiger partial charge is 0.388 e. The maximum atomic E-state index is 5.48. The van der Waals surface area contributed by atoms with E-state index in [4.69, 9.17) is 5.73 Å². The summed E-state index contributed by atoms with van der Waals surface area (Å²) in [6, 6.07) is 3.74. The van der Waals surface area contributed by atoms with Crippen LogP contribution in [0.4, 0.5) is 11.5 Å². The fourth-order valence-corrected chi connectivity index (χ4v) is 0.839. The fraction of sp³-hybridized carbons (Fsp3) is 0.444. The zero-order valence-electron chi connectivity index (χ0n) is 8.18. The van der Waals surface area contributed by atoms with Crippen LogP contribution in [0.3, 0.4) is 0 Å². The Balaban J connectivity index is 0.000000561. The SMILES string of the molecule is CC.CNc1cc(C)nc(N)c1. The van der Waals surface area contributed by atoms with Crippen molar-refractivity contribution in [2.75, 3.05) is 18.1 Å². The molecule has 0 fully saturated rings. The van der Waals surface area contributed by atoms with Crippen LogP contribution in [0.15, 0.2) is 12.1 Å². The summed E-state index contributed by atoms with van der Waals surface area (Å²) in [4.78, 5) is 4.02. The summed E-state index contributed by atoms with van der Waals surface area (Å²) in [5.74, 6) is 0.560. The molecule has 1 aromatic rings. The number of rotatable bonds is 1. The second-order valence-corrected chi connectivity index (χ2v) is 2.17. The highest BCUT2D eigenvalue weighted by Gasteiger charge is 1.92. The molecule has 0 saturated carbocycles. The van der Waals surface area contributed by atoms with Gasteiger partial charge in [0.25, 0.3) is 0 Å². The molecular weight excluding hydrogens is 150 g/mol. The second kappa shape index (κ2) is 5.41. The van der Waals surface area contributed by atoms with E-state index >= 15 is 0 Å². The van der Waals surface area contributed by atoms with Gasteiger partial charge >= 0.3 is 0 Å². The van der Waals surface area contributed by atoms with Gasteiger partial charge in [-0.2, -0.15) is 0 Å². The number of nitrogens with two attached hydrogens (primary N) is 1. The Kier molecular flexibility index (Phi) is 4.84. The number of anilines is 2. The van der Waals surface area contributed by atoms with Gasteiger partial charge in [-0.05, 0) is 13.0 Å². The summed E-state index contributed by atoms with van der Waals surface area (Å²) in [5, 5.41) is 2.99. The number of aryl methyl sites for hydroxylation is 1. The van der Waals surface area contributed by atoms with E-state index in [0.717, 1.165) is 11.4 Å². The lowest BCUT2D eigenvalue weighted by atomic mass is 10.3. The maximum absolute atomic E-state index is 5.48. The van der Waals surface area contributed by atoms with E-state index in [1.54, 1.807) is 6.07 Å². The summed E-state index contributed by atoms with van der Waals surface area (Å²) in [6.07, 6.45) is 0. The topological polar surface area (TPSA) is 50.9 Å². The minimum absolute atomic E-state index is 0.560. The Morgan fingerprint density at radius 1 is 1.33 bits per heavy atom. The van der Waals surface area contributed by atoms with Gasteiger partial charge in [0.05, 0.1) is 0 Å². The van der Waals surface area contributed by atoms with Crippen LogP contribution in [0.2, 0.25) is 0 Å². The van der Waals surface area contributed by atoms with Gasteiger partial charge < -0.3 is 11.1 Å². The highest BCUT2D eigenvalue weighted by atomic mass is 14.9. The number of nitrogens with one attached hydrogen (secondary N) is 1. The van der Waals surface area contributed by atoms with E-state index in [1.807, 2.05) is 33.9 Å². The molecule has 0 atom stereocenters. The Bertz CT molecular complexity index is 213. The third-order valence-electron chi connectivity index (χ3n) is 1.26. The summed E-state index contributed by atoms with van der Waals surface area (Å²) in [6.45, 7) is 5.91. The molecule has 1 rings (SSSR count). The molecular formula is C9H17N3. The second-order valence-electron chi connectivity index (χ2n) is 2.17. The normalized spacial score (nSPS) is 8.33. The monoisotopic (exact) mass is 167 g/mol. The molecule has 0 amide bonds.